The number of carbonyl (C=O) groups is 1. The molecule has 1 atom stereocenters. The molecular weight excluding hydrogens is 478 g/mol. The molecule has 4 bridgehead atoms. The number of carbonyl (C=O) groups excluding carboxylic acids is 1. The average Bonchev–Trinajstić information content (AvgIpc) is 3.29. The van der Waals surface area contributed by atoms with Gasteiger partial charge in [-0.15, -0.1) is 0 Å². The summed E-state index contributed by atoms with van der Waals surface area (Å²) in [5.74, 6) is 2.74. The maximum atomic E-state index is 13.4. The van der Waals surface area contributed by atoms with Gasteiger partial charge in [0.25, 0.3) is 0 Å². The number of benzene rings is 2. The van der Waals surface area contributed by atoms with Crippen LogP contribution in [0.3, 0.4) is 0 Å². The minimum atomic E-state index is -0.778. The number of alkyl carbamates (subject to hydrolysis) is 1. The zero-order chi connectivity index (χ0) is 25.4. The number of aromatic amines is 1. The summed E-state index contributed by atoms with van der Waals surface area (Å²) in [5, 5.41) is 7.82. The fourth-order valence-corrected chi connectivity index (χ4v) is 7.67. The van der Waals surface area contributed by atoms with Crippen molar-refractivity contribution in [2.45, 2.75) is 63.5 Å². The highest BCUT2D eigenvalue weighted by atomic mass is 32.1. The molecule has 3 aromatic rings. The van der Waals surface area contributed by atoms with Crippen molar-refractivity contribution < 1.29 is 9.53 Å². The summed E-state index contributed by atoms with van der Waals surface area (Å²) in [7, 11) is 0. The van der Waals surface area contributed by atoms with Gasteiger partial charge in [-0.25, -0.2) is 4.79 Å². The third-order valence-corrected chi connectivity index (χ3v) is 9.62. The molecule has 5 nitrogen and oxygen atoms in total. The van der Waals surface area contributed by atoms with Crippen molar-refractivity contribution in [1.29, 1.82) is 0 Å². The monoisotopic (exact) mass is 515 g/mol. The summed E-state index contributed by atoms with van der Waals surface area (Å²) in [6.45, 7) is 2.73. The van der Waals surface area contributed by atoms with Crippen LogP contribution in [0, 0.1) is 23.7 Å². The first kappa shape index (κ1) is 24.5. The molecule has 4 saturated carbocycles. The first-order chi connectivity index (χ1) is 18.0. The molecule has 4 fully saturated rings. The first-order valence-corrected chi connectivity index (χ1v) is 14.2. The summed E-state index contributed by atoms with van der Waals surface area (Å²) in [6.07, 6.45) is 9.43. The Morgan fingerprint density at radius 1 is 1.00 bits per heavy atom. The molecule has 0 radical (unpaired) electrons. The maximum Gasteiger partial charge on any atom is 0.408 e. The lowest BCUT2D eigenvalue weighted by Crippen LogP contribution is -2.59. The number of fused-ring (bicyclic) bond motifs is 1. The van der Waals surface area contributed by atoms with Gasteiger partial charge in [0.15, 0.2) is 0 Å². The molecule has 0 saturated heterocycles. The number of hydrogen-bond acceptors (Lipinski definition) is 3. The van der Waals surface area contributed by atoms with Crippen LogP contribution in [0.1, 0.15) is 50.2 Å². The van der Waals surface area contributed by atoms with Crippen LogP contribution in [-0.4, -0.2) is 34.3 Å². The third-order valence-electron chi connectivity index (χ3n) is 9.02. The number of rotatable bonds is 8. The van der Waals surface area contributed by atoms with E-state index in [1.165, 1.54) is 37.7 Å². The molecule has 4 aliphatic rings. The zero-order valence-corrected chi connectivity index (χ0v) is 22.4. The Kier molecular flexibility index (Phi) is 6.70. The zero-order valence-electron chi connectivity index (χ0n) is 21.5. The highest BCUT2D eigenvalue weighted by Gasteiger charge is 2.50. The fraction of sp³-hybridized carbons (Fsp3) is 0.484. The summed E-state index contributed by atoms with van der Waals surface area (Å²) in [5.41, 5.74) is 2.68. The van der Waals surface area contributed by atoms with Crippen LogP contribution in [0.2, 0.25) is 0 Å². The number of hydrogen-bond donors (Lipinski definition) is 3. The van der Waals surface area contributed by atoms with Crippen LogP contribution < -0.4 is 10.6 Å². The van der Waals surface area contributed by atoms with Gasteiger partial charge in [-0.3, -0.25) is 0 Å². The van der Waals surface area contributed by atoms with Gasteiger partial charge in [0, 0.05) is 30.1 Å². The van der Waals surface area contributed by atoms with Crippen LogP contribution >= 0.6 is 12.2 Å². The van der Waals surface area contributed by atoms with Crippen LogP contribution in [0.25, 0.3) is 10.9 Å². The van der Waals surface area contributed by atoms with Gasteiger partial charge in [0.2, 0.25) is 0 Å². The van der Waals surface area contributed by atoms with Crippen LogP contribution in [0.15, 0.2) is 60.8 Å². The van der Waals surface area contributed by atoms with E-state index < -0.39 is 5.54 Å². The SMILES string of the molecule is C[C@](Cc1c[nH]c2ccccc12)(NC(=O)OC1C2CC3CC(C2)CC1C3)C(=S)NCCc1ccccc1. The molecule has 0 spiro atoms. The molecule has 194 valence electrons. The van der Waals surface area contributed by atoms with E-state index in [9.17, 15) is 4.79 Å². The van der Waals surface area contributed by atoms with Gasteiger partial charge in [-0.1, -0.05) is 60.7 Å². The van der Waals surface area contributed by atoms with Crippen molar-refractivity contribution in [3.63, 3.8) is 0 Å². The molecule has 1 heterocycles. The van der Waals surface area contributed by atoms with Gasteiger partial charge < -0.3 is 20.4 Å². The number of para-hydroxylation sites is 1. The molecule has 0 aliphatic heterocycles. The van der Waals surface area contributed by atoms with Crippen LogP contribution in [-0.2, 0) is 17.6 Å². The summed E-state index contributed by atoms with van der Waals surface area (Å²) >= 11 is 5.93. The van der Waals surface area contributed by atoms with Crippen molar-refractivity contribution in [3.8, 4) is 0 Å². The van der Waals surface area contributed by atoms with E-state index in [2.05, 4.69) is 52.0 Å². The second-order valence-corrected chi connectivity index (χ2v) is 12.2. The van der Waals surface area contributed by atoms with Gasteiger partial charge in [0.1, 0.15) is 11.1 Å². The van der Waals surface area contributed by atoms with E-state index in [1.54, 1.807) is 0 Å². The fourth-order valence-electron chi connectivity index (χ4n) is 7.45. The van der Waals surface area contributed by atoms with E-state index in [0.29, 0.717) is 29.8 Å². The minimum absolute atomic E-state index is 0.0461. The molecule has 1 aromatic heterocycles. The van der Waals surface area contributed by atoms with Gasteiger partial charge in [-0.05, 0) is 86.3 Å². The highest BCUT2D eigenvalue weighted by Crippen LogP contribution is 2.54. The van der Waals surface area contributed by atoms with Crippen molar-refractivity contribution >= 4 is 34.2 Å². The molecular formula is C31H37N3O2S. The minimum Gasteiger partial charge on any atom is -0.446 e. The molecule has 37 heavy (non-hydrogen) atoms. The number of thiocarbonyl (C=S) groups is 1. The molecule has 7 rings (SSSR count). The molecule has 0 unspecified atom stereocenters. The maximum absolute atomic E-state index is 13.4. The average molecular weight is 516 g/mol. The lowest BCUT2D eigenvalue weighted by Gasteiger charge is -2.53. The number of nitrogens with one attached hydrogen (secondary N) is 3. The smallest absolute Gasteiger partial charge is 0.408 e. The topological polar surface area (TPSA) is 66.2 Å². The van der Waals surface area contributed by atoms with Gasteiger partial charge in [-0.2, -0.15) is 0 Å². The van der Waals surface area contributed by atoms with Crippen molar-refractivity contribution in [2.75, 3.05) is 6.54 Å². The lowest BCUT2D eigenvalue weighted by atomic mass is 9.55. The summed E-state index contributed by atoms with van der Waals surface area (Å²) in [6, 6.07) is 18.6. The van der Waals surface area contributed by atoms with Crippen molar-refractivity contribution in [1.82, 2.24) is 15.6 Å². The molecule has 1 amide bonds. The van der Waals surface area contributed by atoms with E-state index >= 15 is 0 Å². The van der Waals surface area contributed by atoms with E-state index in [4.69, 9.17) is 17.0 Å². The Hall–Kier alpha value is -2.86. The number of H-pyrrole nitrogens is 1. The molecule has 6 heteroatoms. The van der Waals surface area contributed by atoms with E-state index in [1.807, 2.05) is 31.3 Å². The quantitative estimate of drug-likeness (QED) is 0.314. The van der Waals surface area contributed by atoms with Gasteiger partial charge in [0.05, 0.1) is 5.54 Å². The molecule has 3 N–H and O–H groups in total. The van der Waals surface area contributed by atoms with Crippen molar-refractivity contribution in [2.24, 2.45) is 23.7 Å². The first-order valence-electron chi connectivity index (χ1n) is 13.8. The second-order valence-electron chi connectivity index (χ2n) is 11.8. The Labute approximate surface area is 224 Å². The third kappa shape index (κ3) is 5.13. The van der Waals surface area contributed by atoms with Crippen LogP contribution in [0.5, 0.6) is 0 Å². The summed E-state index contributed by atoms with van der Waals surface area (Å²) < 4.78 is 6.21. The van der Waals surface area contributed by atoms with Crippen molar-refractivity contribution in [3.05, 3.63) is 71.9 Å². The largest absolute Gasteiger partial charge is 0.446 e. The van der Waals surface area contributed by atoms with Crippen LogP contribution in [0.4, 0.5) is 4.79 Å². The second kappa shape index (κ2) is 10.1. The predicted octanol–water partition coefficient (Wildman–Crippen LogP) is 6.18. The predicted molar refractivity (Wildman–Crippen MR) is 152 cm³/mol. The number of aromatic nitrogens is 1. The number of ether oxygens (including phenoxy) is 1. The highest BCUT2D eigenvalue weighted by molar-refractivity contribution is 7.80. The van der Waals surface area contributed by atoms with Gasteiger partial charge >= 0.3 is 6.09 Å². The normalized spacial score (nSPS) is 27.5. The Balaban J connectivity index is 1.17. The van der Waals surface area contributed by atoms with E-state index in [0.717, 1.165) is 34.7 Å². The molecule has 2 aromatic carbocycles. The Morgan fingerprint density at radius 2 is 1.68 bits per heavy atom. The Bertz CT molecular complexity index is 1240. The molecule has 4 aliphatic carbocycles. The number of amides is 1. The standard InChI is InChI=1S/C31H37N3O2S/c1-31(18-25-19-33-27-10-6-5-9-26(25)27,29(37)32-12-11-20-7-3-2-4-8-20)34-30(35)36-28-23-14-21-13-22(16-23)17-24(28)15-21/h2-10,19,21-24,28,33H,11-18H2,1H3,(H,32,37)(H,34,35)/t21?,22?,23?,24?,28?,31-/m1/s1. The van der Waals surface area contributed by atoms with E-state index in [-0.39, 0.29) is 12.2 Å². The summed E-state index contributed by atoms with van der Waals surface area (Å²) in [4.78, 5) is 17.4. The lowest BCUT2D eigenvalue weighted by molar-refractivity contribution is -0.0967. The Morgan fingerprint density at radius 3 is 2.41 bits per heavy atom.